The predicted molar refractivity (Wildman–Crippen MR) is 147 cm³/mol. The smallest absolute Gasteiger partial charge is 0.181 e. The Balaban J connectivity index is 0.000000330. The number of aromatic nitrogens is 4. The number of rotatable bonds is 4. The number of anilines is 1. The van der Waals surface area contributed by atoms with Gasteiger partial charge in [0.05, 0.1) is 22.1 Å². The van der Waals surface area contributed by atoms with Crippen LogP contribution in [-0.4, -0.2) is 19.9 Å². The van der Waals surface area contributed by atoms with E-state index < -0.39 is 0 Å². The summed E-state index contributed by atoms with van der Waals surface area (Å²) in [4.78, 5) is 17.4. The van der Waals surface area contributed by atoms with Gasteiger partial charge in [0.2, 0.25) is 0 Å². The molecule has 4 aromatic heterocycles. The topological polar surface area (TPSA) is 86.8 Å². The van der Waals surface area contributed by atoms with Gasteiger partial charge in [-0.3, -0.25) is 15.0 Å². The number of ether oxygens (including phenoxy) is 1. The average molecular weight is 496 g/mol. The van der Waals surface area contributed by atoms with E-state index in [2.05, 4.69) is 26.9 Å². The lowest BCUT2D eigenvalue weighted by Crippen LogP contribution is -1.99. The first-order chi connectivity index (χ1) is 17.7. The standard InChI is InChI=1S/C22H15N5OS.C7H14/c23-22-27-19-6-5-16(10-20(19)29-22)28-17-9-18(14-3-1-7-24-11-14)21(26-13-17)15-4-2-8-25-12-15;1-7-5-3-2-4-6-7/h1-13H,(H2,23,27);7H,2-6H2,1H3. The van der Waals surface area contributed by atoms with E-state index >= 15 is 0 Å². The molecule has 5 aromatic rings. The Morgan fingerprint density at radius 1 is 0.861 bits per heavy atom. The minimum Gasteiger partial charge on any atom is -0.456 e. The van der Waals surface area contributed by atoms with E-state index in [9.17, 15) is 0 Å². The van der Waals surface area contributed by atoms with Crippen molar-refractivity contribution in [1.82, 2.24) is 19.9 Å². The molecule has 0 aliphatic heterocycles. The Bertz CT molecular complexity index is 1420. The van der Waals surface area contributed by atoms with E-state index in [1.54, 1.807) is 24.8 Å². The lowest BCUT2D eigenvalue weighted by atomic mass is 9.91. The Kier molecular flexibility index (Phi) is 7.47. The molecular weight excluding hydrogens is 466 g/mol. The molecule has 182 valence electrons. The molecule has 1 fully saturated rings. The fourth-order valence-electron chi connectivity index (χ4n) is 4.41. The van der Waals surface area contributed by atoms with Crippen LogP contribution in [0.5, 0.6) is 11.5 Å². The van der Waals surface area contributed by atoms with Gasteiger partial charge in [-0.25, -0.2) is 4.98 Å². The van der Waals surface area contributed by atoms with Crippen LogP contribution in [0.4, 0.5) is 5.13 Å². The summed E-state index contributed by atoms with van der Waals surface area (Å²) in [5.41, 5.74) is 10.3. The van der Waals surface area contributed by atoms with Gasteiger partial charge in [-0.2, -0.15) is 0 Å². The highest BCUT2D eigenvalue weighted by Gasteiger charge is 2.13. The van der Waals surface area contributed by atoms with E-state index in [-0.39, 0.29) is 0 Å². The van der Waals surface area contributed by atoms with Crippen molar-refractivity contribution in [2.45, 2.75) is 39.0 Å². The molecule has 1 aliphatic rings. The summed E-state index contributed by atoms with van der Waals surface area (Å²) in [7, 11) is 0. The zero-order valence-electron chi connectivity index (χ0n) is 20.3. The molecular formula is C29H29N5OS. The normalized spacial score (nSPS) is 13.7. The third-order valence-electron chi connectivity index (χ3n) is 6.28. The van der Waals surface area contributed by atoms with Crippen molar-refractivity contribution in [2.75, 3.05) is 5.73 Å². The molecule has 0 unspecified atom stereocenters. The third kappa shape index (κ3) is 5.86. The van der Waals surface area contributed by atoms with Crippen molar-refractivity contribution < 1.29 is 4.74 Å². The second kappa shape index (κ2) is 11.3. The number of thiazole rings is 1. The predicted octanol–water partition coefficient (Wildman–Crippen LogP) is 7.78. The summed E-state index contributed by atoms with van der Waals surface area (Å²) in [6.07, 6.45) is 16.3. The minimum atomic E-state index is 0.540. The van der Waals surface area contributed by atoms with Gasteiger partial charge < -0.3 is 10.5 Å². The van der Waals surface area contributed by atoms with Crippen LogP contribution in [0.1, 0.15) is 39.0 Å². The largest absolute Gasteiger partial charge is 0.456 e. The molecule has 0 saturated heterocycles. The van der Waals surface area contributed by atoms with E-state index in [0.29, 0.717) is 16.6 Å². The van der Waals surface area contributed by atoms with Crippen LogP contribution in [0.15, 0.2) is 79.5 Å². The van der Waals surface area contributed by atoms with E-state index in [4.69, 9.17) is 10.5 Å². The fraction of sp³-hybridized carbons (Fsp3) is 0.241. The lowest BCUT2D eigenvalue weighted by Gasteiger charge is -2.15. The molecule has 0 bridgehead atoms. The monoisotopic (exact) mass is 495 g/mol. The lowest BCUT2D eigenvalue weighted by molar-refractivity contribution is 0.385. The fourth-order valence-corrected chi connectivity index (χ4v) is 5.17. The summed E-state index contributed by atoms with van der Waals surface area (Å²) in [6.45, 7) is 2.36. The molecule has 6 rings (SSSR count). The Labute approximate surface area is 215 Å². The van der Waals surface area contributed by atoms with Gasteiger partial charge in [-0.15, -0.1) is 0 Å². The van der Waals surface area contributed by atoms with Gasteiger partial charge >= 0.3 is 0 Å². The zero-order chi connectivity index (χ0) is 24.7. The summed E-state index contributed by atoms with van der Waals surface area (Å²) in [6, 6.07) is 15.5. The second-order valence-electron chi connectivity index (χ2n) is 9.08. The SMILES string of the molecule is CC1CCCCC1.Nc1nc2ccc(Oc3cnc(-c4cccnc4)c(-c4cccnc4)c3)cc2s1. The number of hydrogen-bond donors (Lipinski definition) is 1. The highest BCUT2D eigenvalue weighted by atomic mass is 32.1. The van der Waals surface area contributed by atoms with Crippen LogP contribution in [0, 0.1) is 5.92 Å². The number of nitrogens with two attached hydrogens (primary N) is 1. The van der Waals surface area contributed by atoms with E-state index in [1.807, 2.05) is 54.7 Å². The van der Waals surface area contributed by atoms with Crippen LogP contribution in [0.25, 0.3) is 32.6 Å². The molecule has 2 N–H and O–H groups in total. The van der Waals surface area contributed by atoms with Gasteiger partial charge in [0.1, 0.15) is 11.5 Å². The maximum Gasteiger partial charge on any atom is 0.181 e. The van der Waals surface area contributed by atoms with Crippen LogP contribution in [0.3, 0.4) is 0 Å². The van der Waals surface area contributed by atoms with Crippen molar-refractivity contribution in [3.63, 3.8) is 0 Å². The first-order valence-corrected chi connectivity index (χ1v) is 13.1. The summed E-state index contributed by atoms with van der Waals surface area (Å²) in [5.74, 6) is 2.37. The second-order valence-corrected chi connectivity index (χ2v) is 10.1. The first kappa shape index (κ1) is 23.9. The first-order valence-electron chi connectivity index (χ1n) is 12.3. The highest BCUT2D eigenvalue weighted by molar-refractivity contribution is 7.22. The molecule has 0 amide bonds. The number of nitrogens with zero attached hydrogens (tertiary/aromatic N) is 4. The van der Waals surface area contributed by atoms with Crippen molar-refractivity contribution >= 4 is 26.7 Å². The minimum absolute atomic E-state index is 0.540. The molecule has 0 spiro atoms. The molecule has 0 atom stereocenters. The number of pyridine rings is 3. The van der Waals surface area contributed by atoms with Crippen LogP contribution < -0.4 is 10.5 Å². The number of benzene rings is 1. The molecule has 6 nitrogen and oxygen atoms in total. The van der Waals surface area contributed by atoms with Crippen molar-refractivity contribution in [2.24, 2.45) is 5.92 Å². The van der Waals surface area contributed by atoms with Crippen LogP contribution >= 0.6 is 11.3 Å². The van der Waals surface area contributed by atoms with E-state index in [1.165, 1.54) is 43.4 Å². The molecule has 1 aromatic carbocycles. The van der Waals surface area contributed by atoms with Crippen LogP contribution in [0.2, 0.25) is 0 Å². The maximum atomic E-state index is 6.09. The molecule has 7 heteroatoms. The van der Waals surface area contributed by atoms with Gasteiger partial charge in [-0.05, 0) is 42.3 Å². The molecule has 4 heterocycles. The highest BCUT2D eigenvalue weighted by Crippen LogP contribution is 2.35. The number of nitrogen functional groups attached to an aromatic ring is 1. The summed E-state index contributed by atoms with van der Waals surface area (Å²) < 4.78 is 7.07. The molecule has 0 radical (unpaired) electrons. The molecule has 36 heavy (non-hydrogen) atoms. The number of fused-ring (bicyclic) bond motifs is 1. The van der Waals surface area contributed by atoms with Crippen molar-refractivity contribution in [1.29, 1.82) is 0 Å². The average Bonchev–Trinajstić information content (AvgIpc) is 3.30. The van der Waals surface area contributed by atoms with Crippen LogP contribution in [-0.2, 0) is 0 Å². The number of hydrogen-bond acceptors (Lipinski definition) is 7. The van der Waals surface area contributed by atoms with Crippen molar-refractivity contribution in [3.8, 4) is 33.9 Å². The Morgan fingerprint density at radius 3 is 2.28 bits per heavy atom. The van der Waals surface area contributed by atoms with Gasteiger partial charge in [0, 0.05) is 47.5 Å². The summed E-state index contributed by atoms with van der Waals surface area (Å²) >= 11 is 1.43. The van der Waals surface area contributed by atoms with E-state index in [0.717, 1.165) is 38.5 Å². The van der Waals surface area contributed by atoms with Gasteiger partial charge in [0.25, 0.3) is 0 Å². The quantitative estimate of drug-likeness (QED) is 0.274. The van der Waals surface area contributed by atoms with Gasteiger partial charge in [-0.1, -0.05) is 56.4 Å². The Hall–Kier alpha value is -3.84. The van der Waals surface area contributed by atoms with Crippen molar-refractivity contribution in [3.05, 3.63) is 79.5 Å². The third-order valence-corrected chi connectivity index (χ3v) is 7.12. The van der Waals surface area contributed by atoms with Gasteiger partial charge in [0.15, 0.2) is 5.13 Å². The molecule has 1 aliphatic carbocycles. The summed E-state index contributed by atoms with van der Waals surface area (Å²) in [5, 5.41) is 0.540. The maximum absolute atomic E-state index is 6.09. The molecule has 1 saturated carbocycles. The zero-order valence-corrected chi connectivity index (χ0v) is 21.1. The Morgan fingerprint density at radius 2 is 1.61 bits per heavy atom.